The summed E-state index contributed by atoms with van der Waals surface area (Å²) in [7, 11) is 0. The Hall–Kier alpha value is -8.20. The third-order valence-corrected chi connectivity index (χ3v) is 12.6. The normalized spacial score (nSPS) is 11.5. The van der Waals surface area contributed by atoms with Crippen LogP contribution >= 0.6 is 0 Å². The average Bonchev–Trinajstić information content (AvgIpc) is 3.87. The zero-order valence-electron chi connectivity index (χ0n) is 34.0. The van der Waals surface area contributed by atoms with E-state index >= 15 is 0 Å². The zero-order chi connectivity index (χ0) is 41.0. The molecule has 0 N–H and O–H groups in total. The van der Waals surface area contributed by atoms with Gasteiger partial charge in [-0.05, 0) is 98.6 Å². The molecule has 2 aromatic heterocycles. The number of benzene rings is 10. The Morgan fingerprint density at radius 1 is 0.258 bits per heavy atom. The third-order valence-electron chi connectivity index (χ3n) is 12.6. The maximum Gasteiger partial charge on any atom is 0.0620 e. The van der Waals surface area contributed by atoms with Crippen molar-refractivity contribution in [1.82, 2.24) is 4.40 Å². The van der Waals surface area contributed by atoms with Crippen molar-refractivity contribution in [1.29, 1.82) is 0 Å². The molecule has 2 heteroatoms. The summed E-state index contributed by atoms with van der Waals surface area (Å²) < 4.78 is 2.48. The second-order valence-corrected chi connectivity index (χ2v) is 16.1. The maximum absolute atomic E-state index is 2.48. The molecule has 0 saturated carbocycles. The molecule has 0 radical (unpaired) electrons. The molecule has 0 atom stereocenters. The second-order valence-electron chi connectivity index (χ2n) is 16.1. The summed E-state index contributed by atoms with van der Waals surface area (Å²) in [5, 5.41) is 5.16. The number of aromatic nitrogens is 1. The number of fused-ring (bicyclic) bond motifs is 6. The van der Waals surface area contributed by atoms with E-state index in [1.165, 1.54) is 88.2 Å². The van der Waals surface area contributed by atoms with E-state index < -0.39 is 0 Å². The Balaban J connectivity index is 0.933. The lowest BCUT2D eigenvalue weighted by molar-refractivity contribution is 1.28. The van der Waals surface area contributed by atoms with Crippen LogP contribution in [0.3, 0.4) is 0 Å². The first-order valence-electron chi connectivity index (χ1n) is 21.3. The van der Waals surface area contributed by atoms with Crippen LogP contribution in [-0.2, 0) is 0 Å². The van der Waals surface area contributed by atoms with Crippen molar-refractivity contribution in [3.05, 3.63) is 243 Å². The molecule has 0 amide bonds. The van der Waals surface area contributed by atoms with Gasteiger partial charge in [0.1, 0.15) is 0 Å². The summed E-state index contributed by atoms with van der Waals surface area (Å²) in [6, 6.07) is 88.2. The van der Waals surface area contributed by atoms with Crippen molar-refractivity contribution in [2.75, 3.05) is 4.90 Å². The lowest BCUT2D eigenvalue weighted by Gasteiger charge is -2.28. The number of rotatable bonds is 8. The van der Waals surface area contributed by atoms with Gasteiger partial charge in [-0.25, -0.2) is 0 Å². The second kappa shape index (κ2) is 14.8. The molecule has 290 valence electrons. The van der Waals surface area contributed by atoms with Crippen LogP contribution < -0.4 is 4.90 Å². The van der Waals surface area contributed by atoms with Crippen molar-refractivity contribution in [2.45, 2.75) is 0 Å². The molecule has 0 unspecified atom stereocenters. The third kappa shape index (κ3) is 6.04. The SMILES string of the molecule is c1ccc(-c2ccc(N(c3ccc(-c4ccccc4)cc3)c3ccccc3-c3ccc(-c4ccc5c6cccc7c8cc(-c9ccccc9)ccc8n(c5c4)c76)cc3)cc2)cc1. The smallest absolute Gasteiger partial charge is 0.0620 e. The Bertz CT molecular complexity index is 3430. The monoisotopic (exact) mass is 788 g/mol. The van der Waals surface area contributed by atoms with Gasteiger partial charge in [0, 0.05) is 38.5 Å². The summed E-state index contributed by atoms with van der Waals surface area (Å²) in [5.74, 6) is 0. The molecule has 12 rings (SSSR count). The molecular weight excluding hydrogens is 749 g/mol. The highest BCUT2D eigenvalue weighted by molar-refractivity contribution is 6.24. The van der Waals surface area contributed by atoms with Gasteiger partial charge in [0.25, 0.3) is 0 Å². The minimum Gasteiger partial charge on any atom is -0.310 e. The molecule has 0 saturated heterocycles. The first kappa shape index (κ1) is 35.7. The van der Waals surface area contributed by atoms with E-state index in [1.807, 2.05) is 0 Å². The fraction of sp³-hybridized carbons (Fsp3) is 0. The van der Waals surface area contributed by atoms with E-state index in [4.69, 9.17) is 0 Å². The van der Waals surface area contributed by atoms with Crippen LogP contribution in [0.5, 0.6) is 0 Å². The van der Waals surface area contributed by atoms with Gasteiger partial charge in [0.2, 0.25) is 0 Å². The highest BCUT2D eigenvalue weighted by Gasteiger charge is 2.20. The maximum atomic E-state index is 2.48. The Morgan fingerprint density at radius 3 is 1.31 bits per heavy atom. The number of hydrogen-bond donors (Lipinski definition) is 0. The summed E-state index contributed by atoms with van der Waals surface area (Å²) >= 11 is 0. The predicted molar refractivity (Wildman–Crippen MR) is 263 cm³/mol. The van der Waals surface area contributed by atoms with Crippen LogP contribution in [0.15, 0.2) is 243 Å². The van der Waals surface area contributed by atoms with E-state index in [9.17, 15) is 0 Å². The molecule has 0 aliphatic heterocycles. The highest BCUT2D eigenvalue weighted by Crippen LogP contribution is 2.44. The quantitative estimate of drug-likeness (QED) is 0.149. The molecule has 0 fully saturated rings. The minimum atomic E-state index is 1.10. The number of anilines is 3. The average molecular weight is 789 g/mol. The fourth-order valence-electron chi connectivity index (χ4n) is 9.52. The fourth-order valence-corrected chi connectivity index (χ4v) is 9.52. The molecule has 2 heterocycles. The molecule has 0 bridgehead atoms. The number of para-hydroxylation sites is 2. The Labute approximate surface area is 361 Å². The van der Waals surface area contributed by atoms with Crippen molar-refractivity contribution in [2.24, 2.45) is 0 Å². The summed E-state index contributed by atoms with van der Waals surface area (Å²) in [5.41, 5.74) is 19.1. The molecule has 12 aromatic rings. The van der Waals surface area contributed by atoms with E-state index in [0.717, 1.165) is 22.6 Å². The molecule has 10 aromatic carbocycles. The first-order valence-corrected chi connectivity index (χ1v) is 21.3. The number of nitrogens with zero attached hydrogens (tertiary/aromatic N) is 2. The molecule has 2 nitrogen and oxygen atoms in total. The predicted octanol–water partition coefficient (Wildman–Crippen LogP) is 16.6. The van der Waals surface area contributed by atoms with Gasteiger partial charge < -0.3 is 9.30 Å². The van der Waals surface area contributed by atoms with E-state index in [2.05, 4.69) is 252 Å². The largest absolute Gasteiger partial charge is 0.310 e. The van der Waals surface area contributed by atoms with Gasteiger partial charge in [-0.3, -0.25) is 0 Å². The van der Waals surface area contributed by atoms with Gasteiger partial charge in [-0.1, -0.05) is 194 Å². The summed E-state index contributed by atoms with van der Waals surface area (Å²) in [6.07, 6.45) is 0. The van der Waals surface area contributed by atoms with Crippen LogP contribution in [0.1, 0.15) is 0 Å². The first-order chi connectivity index (χ1) is 30.7. The van der Waals surface area contributed by atoms with Crippen LogP contribution in [0.4, 0.5) is 17.1 Å². The topological polar surface area (TPSA) is 7.65 Å². The van der Waals surface area contributed by atoms with E-state index in [0.29, 0.717) is 0 Å². The van der Waals surface area contributed by atoms with Gasteiger partial charge in [0.15, 0.2) is 0 Å². The van der Waals surface area contributed by atoms with Crippen molar-refractivity contribution in [3.63, 3.8) is 0 Å². The summed E-state index contributed by atoms with van der Waals surface area (Å²) in [4.78, 5) is 2.38. The molecular formula is C60H40N2. The molecule has 0 aliphatic rings. The van der Waals surface area contributed by atoms with Gasteiger partial charge in [-0.2, -0.15) is 0 Å². The van der Waals surface area contributed by atoms with Crippen molar-refractivity contribution < 1.29 is 0 Å². The van der Waals surface area contributed by atoms with Crippen LogP contribution in [-0.4, -0.2) is 4.40 Å². The van der Waals surface area contributed by atoms with Crippen molar-refractivity contribution >= 4 is 55.2 Å². The van der Waals surface area contributed by atoms with Gasteiger partial charge in [0.05, 0.1) is 22.2 Å². The van der Waals surface area contributed by atoms with Gasteiger partial charge >= 0.3 is 0 Å². The highest BCUT2D eigenvalue weighted by atomic mass is 15.1. The van der Waals surface area contributed by atoms with E-state index in [1.54, 1.807) is 0 Å². The number of hydrogen-bond acceptors (Lipinski definition) is 1. The molecule has 62 heavy (non-hydrogen) atoms. The van der Waals surface area contributed by atoms with E-state index in [-0.39, 0.29) is 0 Å². The van der Waals surface area contributed by atoms with Crippen LogP contribution in [0.2, 0.25) is 0 Å². The van der Waals surface area contributed by atoms with Gasteiger partial charge in [-0.15, -0.1) is 0 Å². The molecule has 0 aliphatic carbocycles. The summed E-state index contributed by atoms with van der Waals surface area (Å²) in [6.45, 7) is 0. The lowest BCUT2D eigenvalue weighted by atomic mass is 9.97. The lowest BCUT2D eigenvalue weighted by Crippen LogP contribution is -2.11. The van der Waals surface area contributed by atoms with Crippen LogP contribution in [0.25, 0.3) is 93.7 Å². The molecule has 0 spiro atoms. The standard InChI is InChI=1S/C60H40N2/c1-4-13-41(14-5-1)44-27-33-50(34-28-44)61(51-35-29-45(30-36-51)42-15-6-2-7-16-42)57-22-11-10-19-52(57)47-25-23-46(24-26-47)49-31-37-53-54-20-12-21-55-56-39-48(43-17-8-3-9-18-43)32-38-58(56)62(60(54)55)59(53)40-49/h1-40H. The Kier molecular flexibility index (Phi) is 8.53. The Morgan fingerprint density at radius 2 is 0.694 bits per heavy atom. The van der Waals surface area contributed by atoms with Crippen LogP contribution in [0, 0.1) is 0 Å². The zero-order valence-corrected chi connectivity index (χ0v) is 34.0. The van der Waals surface area contributed by atoms with Crippen molar-refractivity contribution in [3.8, 4) is 55.6 Å². The minimum absolute atomic E-state index is 1.10.